The predicted octanol–water partition coefficient (Wildman–Crippen LogP) is 2.93. The molecular formula is C22H24N4O3. The Morgan fingerprint density at radius 2 is 1.79 bits per heavy atom. The van der Waals surface area contributed by atoms with Crippen LogP contribution in [-0.4, -0.2) is 28.5 Å². The second-order valence-corrected chi connectivity index (χ2v) is 6.86. The number of hydrazone groups is 1. The van der Waals surface area contributed by atoms with Gasteiger partial charge >= 0.3 is 0 Å². The Balaban J connectivity index is 1.65. The Labute approximate surface area is 169 Å². The summed E-state index contributed by atoms with van der Waals surface area (Å²) >= 11 is 0. The highest BCUT2D eigenvalue weighted by Gasteiger charge is 2.11. The molecule has 1 amide bonds. The molecule has 2 N–H and O–H groups in total. The van der Waals surface area contributed by atoms with Crippen molar-refractivity contribution < 1.29 is 9.53 Å². The Kier molecular flexibility index (Phi) is 5.97. The third-order valence-corrected chi connectivity index (χ3v) is 4.74. The molecule has 7 heteroatoms. The first-order valence-electron chi connectivity index (χ1n) is 9.27. The van der Waals surface area contributed by atoms with Crippen LogP contribution in [0.25, 0.3) is 5.69 Å². The molecule has 29 heavy (non-hydrogen) atoms. The normalized spacial score (nSPS) is 11.0. The zero-order valence-electron chi connectivity index (χ0n) is 16.9. The van der Waals surface area contributed by atoms with Crippen molar-refractivity contribution in [1.29, 1.82) is 0 Å². The fraction of sp³-hybridized carbons (Fsp3) is 0.227. The van der Waals surface area contributed by atoms with Crippen molar-refractivity contribution in [2.24, 2.45) is 5.10 Å². The summed E-state index contributed by atoms with van der Waals surface area (Å²) in [5, 5.41) is 6.91. The van der Waals surface area contributed by atoms with Crippen molar-refractivity contribution in [3.63, 3.8) is 0 Å². The quantitative estimate of drug-likeness (QED) is 0.499. The average Bonchev–Trinajstić information content (AvgIpc) is 3.00. The fourth-order valence-electron chi connectivity index (χ4n) is 2.96. The molecule has 0 bridgehead atoms. The van der Waals surface area contributed by atoms with Crippen molar-refractivity contribution in [1.82, 2.24) is 15.2 Å². The lowest BCUT2D eigenvalue weighted by Crippen LogP contribution is -2.25. The monoisotopic (exact) mass is 392 g/mol. The first-order chi connectivity index (χ1) is 13.9. The van der Waals surface area contributed by atoms with Gasteiger partial charge in [-0.2, -0.15) is 5.10 Å². The minimum atomic E-state index is -0.405. The smallest absolute Gasteiger partial charge is 0.280 e. The molecule has 0 unspecified atom stereocenters. The molecular weight excluding hydrogens is 368 g/mol. The van der Waals surface area contributed by atoms with Crippen molar-refractivity contribution >= 4 is 12.1 Å². The second kappa shape index (κ2) is 8.60. The molecule has 0 fully saturated rings. The van der Waals surface area contributed by atoms with Gasteiger partial charge in [-0.15, -0.1) is 0 Å². The van der Waals surface area contributed by atoms with Crippen molar-refractivity contribution in [3.05, 3.63) is 80.8 Å². The molecule has 0 atom stereocenters. The number of benzene rings is 2. The van der Waals surface area contributed by atoms with Gasteiger partial charge in [-0.25, -0.2) is 10.1 Å². The molecule has 0 saturated carbocycles. The molecule has 150 valence electrons. The minimum Gasteiger partial charge on any atom is -0.483 e. The summed E-state index contributed by atoms with van der Waals surface area (Å²) in [6.45, 7) is 7.50. The average molecular weight is 392 g/mol. The van der Waals surface area contributed by atoms with E-state index in [1.54, 1.807) is 6.92 Å². The summed E-state index contributed by atoms with van der Waals surface area (Å²) in [6, 6.07) is 13.2. The molecule has 0 radical (unpaired) electrons. The zero-order valence-corrected chi connectivity index (χ0v) is 16.9. The van der Waals surface area contributed by atoms with E-state index in [1.165, 1.54) is 10.9 Å². The predicted molar refractivity (Wildman–Crippen MR) is 113 cm³/mol. The van der Waals surface area contributed by atoms with Gasteiger partial charge in [-0.05, 0) is 56.5 Å². The second-order valence-electron chi connectivity index (χ2n) is 6.86. The van der Waals surface area contributed by atoms with E-state index in [9.17, 15) is 9.59 Å². The third-order valence-electron chi connectivity index (χ3n) is 4.74. The van der Waals surface area contributed by atoms with Gasteiger partial charge < -0.3 is 4.74 Å². The summed E-state index contributed by atoms with van der Waals surface area (Å²) in [5.41, 5.74) is 6.98. The van der Waals surface area contributed by atoms with Crippen LogP contribution in [0.3, 0.4) is 0 Å². The summed E-state index contributed by atoms with van der Waals surface area (Å²) in [4.78, 5) is 24.7. The topological polar surface area (TPSA) is 88.5 Å². The molecule has 0 aliphatic carbocycles. The number of rotatable bonds is 6. The van der Waals surface area contributed by atoms with Gasteiger partial charge in [-0.3, -0.25) is 14.7 Å². The number of aromatic amines is 1. The Bertz CT molecular complexity index is 1110. The molecule has 0 saturated heterocycles. The SMILES string of the molecule is Cc1ccc(C)c(OCC(=O)N/N=C/c2c(C)[nH]n(-c3ccccc3)c2=O)c1C. The van der Waals surface area contributed by atoms with E-state index in [-0.39, 0.29) is 12.2 Å². The van der Waals surface area contributed by atoms with Gasteiger partial charge in [-0.1, -0.05) is 30.3 Å². The number of ether oxygens (including phenoxy) is 1. The number of carbonyl (C=O) groups excluding carboxylic acids is 1. The number of hydrogen-bond acceptors (Lipinski definition) is 4. The number of para-hydroxylation sites is 1. The number of aryl methyl sites for hydroxylation is 3. The molecule has 3 aromatic rings. The van der Waals surface area contributed by atoms with Crippen LogP contribution in [0.1, 0.15) is 27.9 Å². The maximum Gasteiger partial charge on any atom is 0.280 e. The molecule has 3 rings (SSSR count). The van der Waals surface area contributed by atoms with E-state index < -0.39 is 5.91 Å². The van der Waals surface area contributed by atoms with Gasteiger partial charge in [0.15, 0.2) is 6.61 Å². The maximum absolute atomic E-state index is 12.6. The molecule has 0 spiro atoms. The largest absolute Gasteiger partial charge is 0.483 e. The summed E-state index contributed by atoms with van der Waals surface area (Å²) in [7, 11) is 0. The molecule has 2 aromatic carbocycles. The lowest BCUT2D eigenvalue weighted by molar-refractivity contribution is -0.123. The first kappa shape index (κ1) is 20.1. The first-order valence-corrected chi connectivity index (χ1v) is 9.27. The van der Waals surface area contributed by atoms with Crippen LogP contribution >= 0.6 is 0 Å². The third kappa shape index (κ3) is 4.45. The molecule has 0 aliphatic rings. The van der Waals surface area contributed by atoms with Gasteiger partial charge in [0.05, 0.1) is 17.5 Å². The van der Waals surface area contributed by atoms with E-state index in [4.69, 9.17) is 4.74 Å². The fourth-order valence-corrected chi connectivity index (χ4v) is 2.96. The van der Waals surface area contributed by atoms with Gasteiger partial charge in [0.1, 0.15) is 5.75 Å². The molecule has 1 aromatic heterocycles. The van der Waals surface area contributed by atoms with Gasteiger partial charge in [0.2, 0.25) is 0 Å². The number of H-pyrrole nitrogens is 1. The van der Waals surface area contributed by atoms with Crippen LogP contribution in [0, 0.1) is 27.7 Å². The molecule has 7 nitrogen and oxygen atoms in total. The highest BCUT2D eigenvalue weighted by Crippen LogP contribution is 2.25. The van der Waals surface area contributed by atoms with Crippen LogP contribution in [0.4, 0.5) is 0 Å². The van der Waals surface area contributed by atoms with Crippen LogP contribution in [0.2, 0.25) is 0 Å². The van der Waals surface area contributed by atoms with E-state index in [2.05, 4.69) is 15.6 Å². The highest BCUT2D eigenvalue weighted by atomic mass is 16.5. The zero-order chi connectivity index (χ0) is 21.0. The molecule has 0 aliphatic heterocycles. The maximum atomic E-state index is 12.6. The Morgan fingerprint density at radius 1 is 1.10 bits per heavy atom. The number of hydrogen-bond donors (Lipinski definition) is 2. The number of aromatic nitrogens is 2. The van der Waals surface area contributed by atoms with Crippen molar-refractivity contribution in [2.45, 2.75) is 27.7 Å². The van der Waals surface area contributed by atoms with Crippen molar-refractivity contribution in [3.8, 4) is 11.4 Å². The van der Waals surface area contributed by atoms with Crippen LogP contribution in [-0.2, 0) is 4.79 Å². The van der Waals surface area contributed by atoms with E-state index in [0.29, 0.717) is 17.0 Å². The molecule has 1 heterocycles. The standard InChI is InChI=1S/C22H24N4O3/c1-14-10-11-15(2)21(16(14)3)29-13-20(27)24-23-12-19-17(4)25-26(22(19)28)18-8-6-5-7-9-18/h5-12,25H,13H2,1-4H3,(H,24,27)/b23-12+. The van der Waals surface area contributed by atoms with Crippen LogP contribution < -0.4 is 15.7 Å². The van der Waals surface area contributed by atoms with Crippen LogP contribution in [0.5, 0.6) is 5.75 Å². The minimum absolute atomic E-state index is 0.164. The lowest BCUT2D eigenvalue weighted by Gasteiger charge is -2.13. The van der Waals surface area contributed by atoms with E-state index in [0.717, 1.165) is 22.4 Å². The lowest BCUT2D eigenvalue weighted by atomic mass is 10.1. The van der Waals surface area contributed by atoms with Gasteiger partial charge in [0, 0.05) is 5.69 Å². The number of carbonyl (C=O) groups is 1. The summed E-state index contributed by atoms with van der Waals surface area (Å²) < 4.78 is 7.10. The number of amides is 1. The number of nitrogens with zero attached hydrogens (tertiary/aromatic N) is 2. The summed E-state index contributed by atoms with van der Waals surface area (Å²) in [5.74, 6) is 0.300. The summed E-state index contributed by atoms with van der Waals surface area (Å²) in [6.07, 6.45) is 1.34. The van der Waals surface area contributed by atoms with Crippen LogP contribution in [0.15, 0.2) is 52.4 Å². The van der Waals surface area contributed by atoms with Crippen molar-refractivity contribution in [2.75, 3.05) is 6.61 Å². The highest BCUT2D eigenvalue weighted by molar-refractivity contribution is 5.83. The van der Waals surface area contributed by atoms with E-state index >= 15 is 0 Å². The Hall–Kier alpha value is -3.61. The number of nitrogens with one attached hydrogen (secondary N) is 2. The van der Waals surface area contributed by atoms with Gasteiger partial charge in [0.25, 0.3) is 11.5 Å². The van der Waals surface area contributed by atoms with E-state index in [1.807, 2.05) is 63.2 Å². The Morgan fingerprint density at radius 3 is 2.52 bits per heavy atom.